The maximum Gasteiger partial charge on any atom is 0.261 e. The standard InChI is InChI=1S/C30H36N2O4/c1-5-16-31-30(34)27(19-24-10-7-6-8-11-24)32(20-25-12-9-13-26(18-25)35-4)29(33)21-36-28-15-14-22(2)17-23(28)3/h6-15,17-18,27H,5,16,19-21H2,1-4H3,(H,31,34)/t27-/m1/s1. The number of methoxy groups -OCH3 is 1. The van der Waals surface area contributed by atoms with Gasteiger partial charge in [0.2, 0.25) is 5.91 Å². The lowest BCUT2D eigenvalue weighted by atomic mass is 10.0. The molecule has 3 aromatic rings. The van der Waals surface area contributed by atoms with E-state index >= 15 is 0 Å². The van der Waals surface area contributed by atoms with Gasteiger partial charge in [-0.15, -0.1) is 0 Å². The number of benzene rings is 3. The molecule has 0 spiro atoms. The molecule has 0 saturated heterocycles. The summed E-state index contributed by atoms with van der Waals surface area (Å²) in [4.78, 5) is 28.6. The molecule has 0 aliphatic heterocycles. The van der Waals surface area contributed by atoms with Crippen LogP contribution in [0.15, 0.2) is 72.8 Å². The van der Waals surface area contributed by atoms with Gasteiger partial charge in [0.15, 0.2) is 6.61 Å². The Bertz CT molecular complexity index is 1150. The van der Waals surface area contributed by atoms with Crippen LogP contribution in [0.5, 0.6) is 11.5 Å². The zero-order chi connectivity index (χ0) is 25.9. The Morgan fingerprint density at radius 1 is 0.944 bits per heavy atom. The fourth-order valence-corrected chi connectivity index (χ4v) is 4.07. The minimum absolute atomic E-state index is 0.166. The van der Waals surface area contributed by atoms with Gasteiger partial charge in [0.1, 0.15) is 17.5 Å². The van der Waals surface area contributed by atoms with E-state index < -0.39 is 6.04 Å². The van der Waals surface area contributed by atoms with Crippen LogP contribution in [0.3, 0.4) is 0 Å². The molecule has 0 bridgehead atoms. The average Bonchev–Trinajstić information content (AvgIpc) is 2.89. The third-order valence-electron chi connectivity index (χ3n) is 5.99. The van der Waals surface area contributed by atoms with Gasteiger partial charge in [0.05, 0.1) is 7.11 Å². The molecule has 3 rings (SSSR count). The average molecular weight is 489 g/mol. The van der Waals surface area contributed by atoms with Crippen molar-refractivity contribution in [2.45, 2.75) is 46.2 Å². The van der Waals surface area contributed by atoms with Gasteiger partial charge in [0, 0.05) is 19.5 Å². The minimum atomic E-state index is -0.694. The van der Waals surface area contributed by atoms with Crippen LogP contribution < -0.4 is 14.8 Å². The van der Waals surface area contributed by atoms with Crippen LogP contribution >= 0.6 is 0 Å². The Kier molecular flexibility index (Phi) is 9.92. The molecule has 1 N–H and O–H groups in total. The van der Waals surface area contributed by atoms with Crippen molar-refractivity contribution in [2.75, 3.05) is 20.3 Å². The van der Waals surface area contributed by atoms with Crippen molar-refractivity contribution in [3.05, 3.63) is 95.1 Å². The van der Waals surface area contributed by atoms with Crippen molar-refractivity contribution < 1.29 is 19.1 Å². The van der Waals surface area contributed by atoms with Crippen molar-refractivity contribution >= 4 is 11.8 Å². The highest BCUT2D eigenvalue weighted by Gasteiger charge is 2.30. The second-order valence-corrected chi connectivity index (χ2v) is 8.93. The molecular formula is C30H36N2O4. The predicted octanol–water partition coefficient (Wildman–Crippen LogP) is 4.86. The van der Waals surface area contributed by atoms with Crippen molar-refractivity contribution in [1.82, 2.24) is 10.2 Å². The first-order chi connectivity index (χ1) is 17.4. The van der Waals surface area contributed by atoms with E-state index in [0.29, 0.717) is 24.5 Å². The Hall–Kier alpha value is -3.80. The highest BCUT2D eigenvalue weighted by Crippen LogP contribution is 2.21. The molecule has 36 heavy (non-hydrogen) atoms. The van der Waals surface area contributed by atoms with Gasteiger partial charge in [-0.1, -0.05) is 67.1 Å². The summed E-state index contributed by atoms with van der Waals surface area (Å²) < 4.78 is 11.3. The van der Waals surface area contributed by atoms with Gasteiger partial charge in [-0.25, -0.2) is 0 Å². The lowest BCUT2D eigenvalue weighted by Crippen LogP contribution is -2.51. The fraction of sp³-hybridized carbons (Fsp3) is 0.333. The minimum Gasteiger partial charge on any atom is -0.497 e. The summed E-state index contributed by atoms with van der Waals surface area (Å²) in [6.45, 7) is 6.61. The van der Waals surface area contributed by atoms with Gasteiger partial charge in [0.25, 0.3) is 5.91 Å². The van der Waals surface area contributed by atoms with Crippen molar-refractivity contribution in [2.24, 2.45) is 0 Å². The number of aryl methyl sites for hydroxylation is 2. The van der Waals surface area contributed by atoms with Crippen LogP contribution in [0.4, 0.5) is 0 Å². The topological polar surface area (TPSA) is 67.9 Å². The smallest absolute Gasteiger partial charge is 0.261 e. The Morgan fingerprint density at radius 2 is 1.69 bits per heavy atom. The zero-order valence-electron chi connectivity index (χ0n) is 21.6. The van der Waals surface area contributed by atoms with E-state index in [1.807, 2.05) is 93.6 Å². The molecule has 0 radical (unpaired) electrons. The lowest BCUT2D eigenvalue weighted by Gasteiger charge is -2.31. The van der Waals surface area contributed by atoms with Gasteiger partial charge < -0.3 is 19.7 Å². The van der Waals surface area contributed by atoms with Crippen LogP contribution in [0.1, 0.15) is 35.6 Å². The molecule has 0 fully saturated rings. The van der Waals surface area contributed by atoms with Crippen LogP contribution in [-0.4, -0.2) is 43.0 Å². The van der Waals surface area contributed by atoms with E-state index in [4.69, 9.17) is 9.47 Å². The number of carbonyl (C=O) groups is 2. The molecule has 0 heterocycles. The monoisotopic (exact) mass is 488 g/mol. The number of ether oxygens (including phenoxy) is 2. The fourth-order valence-electron chi connectivity index (χ4n) is 4.07. The summed E-state index contributed by atoms with van der Waals surface area (Å²) in [5, 5.41) is 2.99. The maximum atomic E-state index is 13.7. The summed E-state index contributed by atoms with van der Waals surface area (Å²) in [6.07, 6.45) is 1.21. The quantitative estimate of drug-likeness (QED) is 0.396. The highest BCUT2D eigenvalue weighted by atomic mass is 16.5. The van der Waals surface area contributed by atoms with Crippen molar-refractivity contribution in [1.29, 1.82) is 0 Å². The zero-order valence-corrected chi connectivity index (χ0v) is 21.6. The first-order valence-corrected chi connectivity index (χ1v) is 12.3. The predicted molar refractivity (Wildman–Crippen MR) is 142 cm³/mol. The SMILES string of the molecule is CCCNC(=O)[C@@H](Cc1ccccc1)N(Cc1cccc(OC)c1)C(=O)COc1ccc(C)cc1C. The van der Waals surface area contributed by atoms with E-state index in [0.717, 1.165) is 28.7 Å². The molecule has 2 amide bonds. The van der Waals surface area contributed by atoms with E-state index in [-0.39, 0.29) is 25.0 Å². The molecule has 6 nitrogen and oxygen atoms in total. The van der Waals surface area contributed by atoms with E-state index in [2.05, 4.69) is 5.32 Å². The van der Waals surface area contributed by atoms with E-state index in [1.54, 1.807) is 12.0 Å². The lowest BCUT2D eigenvalue weighted by molar-refractivity contribution is -0.142. The molecule has 3 aromatic carbocycles. The van der Waals surface area contributed by atoms with Gasteiger partial charge in [-0.3, -0.25) is 9.59 Å². The normalized spacial score (nSPS) is 11.4. The molecule has 0 unspecified atom stereocenters. The Labute approximate surface area is 214 Å². The molecular weight excluding hydrogens is 452 g/mol. The number of hydrogen-bond acceptors (Lipinski definition) is 4. The highest BCUT2D eigenvalue weighted by molar-refractivity contribution is 5.88. The van der Waals surface area contributed by atoms with Gasteiger partial charge in [-0.05, 0) is 55.2 Å². The molecule has 0 saturated carbocycles. The number of nitrogens with one attached hydrogen (secondary N) is 1. The van der Waals surface area contributed by atoms with Gasteiger partial charge >= 0.3 is 0 Å². The second-order valence-electron chi connectivity index (χ2n) is 8.93. The Morgan fingerprint density at radius 3 is 2.39 bits per heavy atom. The first kappa shape index (κ1) is 26.8. The number of rotatable bonds is 12. The van der Waals surface area contributed by atoms with Crippen molar-refractivity contribution in [3.63, 3.8) is 0 Å². The van der Waals surface area contributed by atoms with E-state index in [9.17, 15) is 9.59 Å². The van der Waals surface area contributed by atoms with Crippen LogP contribution in [0.25, 0.3) is 0 Å². The molecule has 0 aliphatic carbocycles. The maximum absolute atomic E-state index is 13.7. The van der Waals surface area contributed by atoms with Gasteiger partial charge in [-0.2, -0.15) is 0 Å². The van der Waals surface area contributed by atoms with Crippen LogP contribution in [0.2, 0.25) is 0 Å². The number of nitrogens with zero attached hydrogens (tertiary/aromatic N) is 1. The summed E-state index contributed by atoms with van der Waals surface area (Å²) in [5.41, 5.74) is 3.94. The summed E-state index contributed by atoms with van der Waals surface area (Å²) >= 11 is 0. The molecule has 6 heteroatoms. The molecule has 0 aliphatic rings. The molecule has 1 atom stereocenters. The summed E-state index contributed by atoms with van der Waals surface area (Å²) in [5.74, 6) is 0.917. The van der Waals surface area contributed by atoms with Crippen molar-refractivity contribution in [3.8, 4) is 11.5 Å². The first-order valence-electron chi connectivity index (χ1n) is 12.3. The number of carbonyl (C=O) groups excluding carboxylic acids is 2. The summed E-state index contributed by atoms with van der Waals surface area (Å²) in [6, 6.07) is 22.5. The number of amides is 2. The molecule has 190 valence electrons. The van der Waals surface area contributed by atoms with Crippen LogP contribution in [0, 0.1) is 13.8 Å². The number of hydrogen-bond donors (Lipinski definition) is 1. The van der Waals surface area contributed by atoms with E-state index in [1.165, 1.54) is 0 Å². The third kappa shape index (κ3) is 7.60. The van der Waals surface area contributed by atoms with Crippen LogP contribution in [-0.2, 0) is 22.6 Å². The largest absolute Gasteiger partial charge is 0.497 e. The Balaban J connectivity index is 1.91. The second kappa shape index (κ2) is 13.3. The third-order valence-corrected chi connectivity index (χ3v) is 5.99. The molecule has 0 aromatic heterocycles. The summed E-state index contributed by atoms with van der Waals surface area (Å²) in [7, 11) is 1.61.